The van der Waals surface area contributed by atoms with E-state index in [0.29, 0.717) is 32.9 Å². The topological polar surface area (TPSA) is 73.2 Å². The van der Waals surface area contributed by atoms with Gasteiger partial charge in [0.25, 0.3) is 5.91 Å². The Balaban J connectivity index is 1.76. The highest BCUT2D eigenvalue weighted by Gasteiger charge is 2.41. The number of rotatable bonds is 5. The van der Waals surface area contributed by atoms with Gasteiger partial charge >= 0.3 is 0 Å². The first-order valence-corrected chi connectivity index (χ1v) is 12.4. The van der Waals surface area contributed by atoms with Crippen LogP contribution in [0, 0.1) is 25.2 Å². The van der Waals surface area contributed by atoms with Gasteiger partial charge in [-0.15, -0.1) is 0 Å². The fourth-order valence-electron chi connectivity index (χ4n) is 3.84. The number of nitrogens with one attached hydrogen (secondary N) is 1. The van der Waals surface area contributed by atoms with E-state index >= 15 is 0 Å². The molecule has 5 nitrogen and oxygen atoms in total. The summed E-state index contributed by atoms with van der Waals surface area (Å²) in [5.74, 6) is -0.806. The second kappa shape index (κ2) is 10.6. The molecule has 3 aromatic rings. The summed E-state index contributed by atoms with van der Waals surface area (Å²) in [6, 6.07) is 21.8. The zero-order valence-corrected chi connectivity index (χ0v) is 21.3. The van der Waals surface area contributed by atoms with Crippen LogP contribution < -0.4 is 10.2 Å². The molecule has 0 aromatic heterocycles. The molecule has 8 heteroatoms. The summed E-state index contributed by atoms with van der Waals surface area (Å²) >= 11 is 13.7. The molecule has 2 amide bonds. The third kappa shape index (κ3) is 5.38. The molecule has 1 heterocycles. The smallest absolute Gasteiger partial charge is 0.269 e. The van der Waals surface area contributed by atoms with E-state index in [1.165, 1.54) is 16.7 Å². The third-order valence-electron chi connectivity index (χ3n) is 5.55. The standard InChI is InChI=1S/C27H21Cl2N3O2S/c1-16-6-5-8-20(12-16)31-25(33)21(15-30)27-32(23-9-4-3-7-17(23)2)26(34)24(35-27)14-18-13-19(28)10-11-22(18)29/h3-13,24H,14H2,1-2H3,(H,31,33)/b27-21-/t24-/m1/s1. The average Bonchev–Trinajstić information content (AvgIpc) is 3.12. The molecule has 1 saturated heterocycles. The number of para-hydroxylation sites is 1. The van der Waals surface area contributed by atoms with Crippen molar-refractivity contribution in [3.8, 4) is 6.07 Å². The number of anilines is 2. The van der Waals surface area contributed by atoms with Gasteiger partial charge < -0.3 is 5.32 Å². The van der Waals surface area contributed by atoms with Crippen LogP contribution in [0.5, 0.6) is 0 Å². The van der Waals surface area contributed by atoms with Gasteiger partial charge in [-0.25, -0.2) is 0 Å². The molecule has 1 N–H and O–H groups in total. The zero-order valence-electron chi connectivity index (χ0n) is 19.0. The summed E-state index contributed by atoms with van der Waals surface area (Å²) in [6.07, 6.45) is 0.299. The van der Waals surface area contributed by atoms with Gasteiger partial charge in [0.15, 0.2) is 0 Å². The lowest BCUT2D eigenvalue weighted by atomic mass is 10.1. The number of hydrogen-bond acceptors (Lipinski definition) is 4. The number of nitrogens with zero attached hydrogens (tertiary/aromatic N) is 2. The van der Waals surface area contributed by atoms with Crippen molar-refractivity contribution >= 4 is 58.2 Å². The normalized spacial score (nSPS) is 16.7. The van der Waals surface area contributed by atoms with Crippen molar-refractivity contribution in [3.05, 3.63) is 104 Å². The van der Waals surface area contributed by atoms with Crippen molar-refractivity contribution in [2.24, 2.45) is 0 Å². The highest BCUT2D eigenvalue weighted by molar-refractivity contribution is 8.05. The highest BCUT2D eigenvalue weighted by Crippen LogP contribution is 2.43. The molecule has 176 valence electrons. The van der Waals surface area contributed by atoms with E-state index in [1.807, 2.05) is 56.3 Å². The second-order valence-corrected chi connectivity index (χ2v) is 10.2. The van der Waals surface area contributed by atoms with E-state index in [4.69, 9.17) is 23.2 Å². The summed E-state index contributed by atoms with van der Waals surface area (Å²) < 4.78 is 0. The Hall–Kier alpha value is -3.24. The number of aryl methyl sites for hydroxylation is 2. The molecule has 1 aliphatic rings. The molecular formula is C27H21Cl2N3O2S. The molecule has 1 fully saturated rings. The maximum absolute atomic E-state index is 13.7. The van der Waals surface area contributed by atoms with Gasteiger partial charge in [0.05, 0.1) is 10.9 Å². The van der Waals surface area contributed by atoms with Gasteiger partial charge in [-0.3, -0.25) is 14.5 Å². The Morgan fingerprint density at radius 2 is 1.86 bits per heavy atom. The molecule has 0 bridgehead atoms. The number of carbonyl (C=O) groups is 2. The number of benzene rings is 3. The number of carbonyl (C=O) groups excluding carboxylic acids is 2. The van der Waals surface area contributed by atoms with Gasteiger partial charge in [0.2, 0.25) is 5.91 Å². The largest absolute Gasteiger partial charge is 0.321 e. The van der Waals surface area contributed by atoms with Crippen molar-refractivity contribution in [1.29, 1.82) is 5.26 Å². The van der Waals surface area contributed by atoms with Crippen LogP contribution in [0.3, 0.4) is 0 Å². The molecular weight excluding hydrogens is 501 g/mol. The average molecular weight is 522 g/mol. The van der Waals surface area contributed by atoms with Gasteiger partial charge in [0, 0.05) is 15.7 Å². The predicted octanol–water partition coefficient (Wildman–Crippen LogP) is 6.68. The fraction of sp³-hybridized carbons (Fsp3) is 0.148. The summed E-state index contributed by atoms with van der Waals surface area (Å²) in [7, 11) is 0. The van der Waals surface area contributed by atoms with Crippen LogP contribution in [0.4, 0.5) is 11.4 Å². The minimum absolute atomic E-state index is 0.132. The monoisotopic (exact) mass is 521 g/mol. The summed E-state index contributed by atoms with van der Waals surface area (Å²) in [5, 5.41) is 13.5. The first-order chi connectivity index (χ1) is 16.8. The van der Waals surface area contributed by atoms with Crippen molar-refractivity contribution in [2.75, 3.05) is 10.2 Å². The third-order valence-corrected chi connectivity index (χ3v) is 7.42. The SMILES string of the molecule is Cc1cccc(NC(=O)/C(C#N)=C2\S[C@H](Cc3cc(Cl)ccc3Cl)C(=O)N2c2ccccc2C)c1. The van der Waals surface area contributed by atoms with E-state index in [9.17, 15) is 14.9 Å². The zero-order chi connectivity index (χ0) is 25.1. The predicted molar refractivity (Wildman–Crippen MR) is 143 cm³/mol. The van der Waals surface area contributed by atoms with Crippen molar-refractivity contribution < 1.29 is 9.59 Å². The Bertz CT molecular complexity index is 1400. The Labute approximate surface area is 218 Å². The van der Waals surface area contributed by atoms with Crippen LogP contribution >= 0.6 is 35.0 Å². The molecule has 0 unspecified atom stereocenters. The summed E-state index contributed by atoms with van der Waals surface area (Å²) in [5.41, 5.74) is 3.60. The van der Waals surface area contributed by atoms with Crippen molar-refractivity contribution in [3.63, 3.8) is 0 Å². The van der Waals surface area contributed by atoms with Crippen LogP contribution in [0.1, 0.15) is 16.7 Å². The lowest BCUT2D eigenvalue weighted by molar-refractivity contribution is -0.117. The number of hydrogen-bond donors (Lipinski definition) is 1. The minimum atomic E-state index is -0.587. The molecule has 0 spiro atoms. The minimum Gasteiger partial charge on any atom is -0.321 e. The van der Waals surface area contributed by atoms with Crippen LogP contribution in [0.2, 0.25) is 10.0 Å². The Morgan fingerprint density at radius 1 is 1.09 bits per heavy atom. The van der Waals surface area contributed by atoms with Crippen LogP contribution in [-0.2, 0) is 16.0 Å². The number of thioether (sulfide) groups is 1. The molecule has 4 rings (SSSR count). The molecule has 0 aliphatic carbocycles. The first kappa shape index (κ1) is 24.9. The van der Waals surface area contributed by atoms with Gasteiger partial charge in [-0.05, 0) is 73.4 Å². The molecule has 1 atom stereocenters. The number of nitriles is 1. The molecule has 1 aliphatic heterocycles. The lowest BCUT2D eigenvalue weighted by Gasteiger charge is -2.20. The second-order valence-electron chi connectivity index (χ2n) is 8.12. The number of amides is 2. The first-order valence-electron chi connectivity index (χ1n) is 10.8. The van der Waals surface area contributed by atoms with E-state index in [2.05, 4.69) is 5.32 Å². The van der Waals surface area contributed by atoms with Crippen LogP contribution in [0.25, 0.3) is 0 Å². The lowest BCUT2D eigenvalue weighted by Crippen LogP contribution is -2.31. The Morgan fingerprint density at radius 3 is 2.57 bits per heavy atom. The Kier molecular flexibility index (Phi) is 7.51. The van der Waals surface area contributed by atoms with Crippen LogP contribution in [-0.4, -0.2) is 17.1 Å². The van der Waals surface area contributed by atoms with Gasteiger partial charge in [-0.1, -0.05) is 65.3 Å². The van der Waals surface area contributed by atoms with Crippen molar-refractivity contribution in [1.82, 2.24) is 0 Å². The van der Waals surface area contributed by atoms with Gasteiger partial charge in [-0.2, -0.15) is 5.26 Å². The van der Waals surface area contributed by atoms with E-state index in [0.717, 1.165) is 16.7 Å². The van der Waals surface area contributed by atoms with E-state index < -0.39 is 11.2 Å². The van der Waals surface area contributed by atoms with Crippen molar-refractivity contribution in [2.45, 2.75) is 25.5 Å². The van der Waals surface area contributed by atoms with Gasteiger partial charge in [0.1, 0.15) is 16.7 Å². The quantitative estimate of drug-likeness (QED) is 0.300. The number of halogens is 2. The molecule has 0 radical (unpaired) electrons. The molecule has 3 aromatic carbocycles. The maximum atomic E-state index is 13.7. The fourth-order valence-corrected chi connectivity index (χ4v) is 5.51. The molecule has 35 heavy (non-hydrogen) atoms. The highest BCUT2D eigenvalue weighted by atomic mass is 35.5. The summed E-state index contributed by atoms with van der Waals surface area (Å²) in [6.45, 7) is 3.79. The van der Waals surface area contributed by atoms with E-state index in [1.54, 1.807) is 30.3 Å². The van der Waals surface area contributed by atoms with E-state index in [-0.39, 0.29) is 11.5 Å². The molecule has 0 saturated carbocycles. The summed E-state index contributed by atoms with van der Waals surface area (Å²) in [4.78, 5) is 28.3. The van der Waals surface area contributed by atoms with Crippen LogP contribution in [0.15, 0.2) is 77.3 Å². The maximum Gasteiger partial charge on any atom is 0.269 e.